The molecule has 0 saturated carbocycles. The summed E-state index contributed by atoms with van der Waals surface area (Å²) in [6.07, 6.45) is -1.24. The van der Waals surface area contributed by atoms with Crippen LogP contribution >= 0.6 is 15.9 Å². The molecular weight excluding hydrogens is 511 g/mol. The summed E-state index contributed by atoms with van der Waals surface area (Å²) in [5, 5.41) is 14.1. The minimum Gasteiger partial charge on any atom is -0.378 e. The van der Waals surface area contributed by atoms with Crippen LogP contribution in [-0.4, -0.2) is 32.0 Å². The third-order valence-corrected chi connectivity index (χ3v) is 6.66. The molecule has 1 amide bonds. The van der Waals surface area contributed by atoms with Gasteiger partial charge >= 0.3 is 0 Å². The average molecular weight is 535 g/mol. The molecule has 2 heterocycles. The molecule has 35 heavy (non-hydrogen) atoms. The van der Waals surface area contributed by atoms with Crippen molar-refractivity contribution >= 4 is 33.3 Å². The summed E-state index contributed by atoms with van der Waals surface area (Å²) in [4.78, 5) is 19.5. The lowest BCUT2D eigenvalue weighted by molar-refractivity contribution is -0.142. The summed E-state index contributed by atoms with van der Waals surface area (Å²) in [5.41, 5.74) is 4.06. The summed E-state index contributed by atoms with van der Waals surface area (Å²) < 4.78 is 16.5. The van der Waals surface area contributed by atoms with Crippen molar-refractivity contribution in [2.75, 3.05) is 11.9 Å². The van der Waals surface area contributed by atoms with Crippen molar-refractivity contribution in [2.24, 2.45) is 0 Å². The van der Waals surface area contributed by atoms with Gasteiger partial charge in [0.2, 0.25) is 0 Å². The van der Waals surface area contributed by atoms with Gasteiger partial charge in [-0.2, -0.15) is 0 Å². The Kier molecular flexibility index (Phi) is 6.40. The van der Waals surface area contributed by atoms with Crippen molar-refractivity contribution < 1.29 is 14.3 Å². The van der Waals surface area contributed by atoms with Crippen LogP contribution in [0.5, 0.6) is 0 Å². The number of aromatic nitrogens is 2. The molecular formula is C27H24BrFN4O2. The fraction of sp³-hybridized carbons (Fsp3) is 0.185. The van der Waals surface area contributed by atoms with Gasteiger partial charge in [-0.25, -0.2) is 9.37 Å². The number of aryl methyl sites for hydroxylation is 1. The number of nitrogens with zero attached hydrogens (tertiary/aromatic N) is 3. The Morgan fingerprint density at radius 3 is 2.40 bits per heavy atom. The zero-order chi connectivity index (χ0) is 24.5. The van der Waals surface area contributed by atoms with Gasteiger partial charge in [-0.3, -0.25) is 4.79 Å². The molecule has 1 aliphatic rings. The van der Waals surface area contributed by atoms with E-state index >= 15 is 0 Å². The van der Waals surface area contributed by atoms with Gasteiger partial charge in [0.1, 0.15) is 23.2 Å². The van der Waals surface area contributed by atoms with Gasteiger partial charge in [-0.05, 0) is 61.0 Å². The van der Waals surface area contributed by atoms with Gasteiger partial charge in [0.25, 0.3) is 5.91 Å². The van der Waals surface area contributed by atoms with E-state index in [1.807, 2.05) is 35.8 Å². The Labute approximate surface area is 211 Å². The molecule has 1 aliphatic heterocycles. The van der Waals surface area contributed by atoms with Crippen LogP contribution in [0.25, 0.3) is 11.3 Å². The van der Waals surface area contributed by atoms with Crippen molar-refractivity contribution in [2.45, 2.75) is 26.1 Å². The van der Waals surface area contributed by atoms with Crippen LogP contribution in [-0.2, 0) is 17.9 Å². The van der Waals surface area contributed by atoms with E-state index in [2.05, 4.69) is 21.2 Å². The maximum absolute atomic E-state index is 13.6. The van der Waals surface area contributed by atoms with Crippen molar-refractivity contribution in [3.63, 3.8) is 0 Å². The number of imidazole rings is 1. The second-order valence-corrected chi connectivity index (χ2v) is 9.50. The monoisotopic (exact) mass is 534 g/mol. The van der Waals surface area contributed by atoms with Crippen LogP contribution < -0.4 is 5.32 Å². The molecule has 0 saturated heterocycles. The molecule has 0 fully saturated rings. The SMILES string of the molecule is Cc1ccc(Nc2c(-c3ccc(F)cc3)nc3n2CCN(C(=O)C(O)c2ccc(Br)cc2)C3)cc1. The first-order valence-electron chi connectivity index (χ1n) is 11.3. The lowest BCUT2D eigenvalue weighted by Crippen LogP contribution is -2.41. The number of carbonyl (C=O) groups is 1. The molecule has 0 spiro atoms. The number of rotatable bonds is 5. The van der Waals surface area contributed by atoms with Gasteiger partial charge in [-0.1, -0.05) is 45.8 Å². The van der Waals surface area contributed by atoms with Crippen LogP contribution in [0, 0.1) is 12.7 Å². The van der Waals surface area contributed by atoms with Crippen LogP contribution in [0.1, 0.15) is 23.1 Å². The predicted molar refractivity (Wildman–Crippen MR) is 137 cm³/mol. The zero-order valence-corrected chi connectivity index (χ0v) is 20.7. The number of aliphatic hydroxyl groups excluding tert-OH is 1. The lowest BCUT2D eigenvalue weighted by Gasteiger charge is -2.30. The number of aliphatic hydroxyl groups is 1. The highest BCUT2D eigenvalue weighted by Crippen LogP contribution is 2.34. The van der Waals surface area contributed by atoms with Crippen molar-refractivity contribution in [1.82, 2.24) is 14.5 Å². The van der Waals surface area contributed by atoms with Gasteiger partial charge in [-0.15, -0.1) is 0 Å². The molecule has 6 nitrogen and oxygen atoms in total. The number of nitrogens with one attached hydrogen (secondary N) is 1. The Hall–Kier alpha value is -3.49. The summed E-state index contributed by atoms with van der Waals surface area (Å²) in [7, 11) is 0. The fourth-order valence-electron chi connectivity index (χ4n) is 4.19. The van der Waals surface area contributed by atoms with Gasteiger partial charge < -0.3 is 19.9 Å². The number of benzene rings is 3. The number of hydrogen-bond donors (Lipinski definition) is 2. The largest absolute Gasteiger partial charge is 0.378 e. The van der Waals surface area contributed by atoms with Crippen molar-refractivity contribution in [3.8, 4) is 11.3 Å². The van der Waals surface area contributed by atoms with Crippen molar-refractivity contribution in [3.05, 3.63) is 100 Å². The van der Waals surface area contributed by atoms with Gasteiger partial charge in [0, 0.05) is 28.8 Å². The maximum atomic E-state index is 13.6. The number of carbonyl (C=O) groups excluding carboxylic acids is 1. The van der Waals surface area contributed by atoms with Gasteiger partial charge in [0.15, 0.2) is 6.10 Å². The molecule has 0 radical (unpaired) electrons. The predicted octanol–water partition coefficient (Wildman–Crippen LogP) is 5.58. The molecule has 8 heteroatoms. The average Bonchev–Trinajstić information content (AvgIpc) is 3.23. The minimum atomic E-state index is -1.24. The third-order valence-electron chi connectivity index (χ3n) is 6.14. The first kappa shape index (κ1) is 23.3. The van der Waals surface area contributed by atoms with E-state index < -0.39 is 6.10 Å². The van der Waals surface area contributed by atoms with E-state index in [0.717, 1.165) is 27.1 Å². The molecule has 178 valence electrons. The van der Waals surface area contributed by atoms with Crippen LogP contribution in [0.2, 0.25) is 0 Å². The summed E-state index contributed by atoms with van der Waals surface area (Å²) in [6, 6.07) is 21.3. The first-order valence-corrected chi connectivity index (χ1v) is 12.1. The molecule has 0 bridgehead atoms. The zero-order valence-electron chi connectivity index (χ0n) is 19.1. The second-order valence-electron chi connectivity index (χ2n) is 8.59. The van der Waals surface area contributed by atoms with Crippen LogP contribution in [0.3, 0.4) is 0 Å². The summed E-state index contributed by atoms with van der Waals surface area (Å²) in [6.45, 7) is 3.23. The molecule has 2 N–H and O–H groups in total. The smallest absolute Gasteiger partial charge is 0.256 e. The lowest BCUT2D eigenvalue weighted by atomic mass is 10.1. The van der Waals surface area contributed by atoms with Crippen LogP contribution in [0.4, 0.5) is 15.9 Å². The Balaban J connectivity index is 1.46. The summed E-state index contributed by atoms with van der Waals surface area (Å²) in [5.74, 6) is 0.806. The normalized spacial score (nSPS) is 13.9. The summed E-state index contributed by atoms with van der Waals surface area (Å²) >= 11 is 3.37. The van der Waals surface area contributed by atoms with E-state index in [0.29, 0.717) is 30.2 Å². The Morgan fingerprint density at radius 2 is 1.71 bits per heavy atom. The highest BCUT2D eigenvalue weighted by Gasteiger charge is 2.30. The second kappa shape index (κ2) is 9.64. The quantitative estimate of drug-likeness (QED) is 0.350. The molecule has 0 aliphatic carbocycles. The Bertz CT molecular complexity index is 1350. The third kappa shape index (κ3) is 4.85. The van der Waals surface area contributed by atoms with E-state index in [1.165, 1.54) is 12.1 Å². The van der Waals surface area contributed by atoms with Crippen molar-refractivity contribution in [1.29, 1.82) is 0 Å². The molecule has 5 rings (SSSR count). The maximum Gasteiger partial charge on any atom is 0.256 e. The van der Waals surface area contributed by atoms with E-state index in [9.17, 15) is 14.3 Å². The molecule has 1 aromatic heterocycles. The topological polar surface area (TPSA) is 70.4 Å². The number of anilines is 2. The van der Waals surface area contributed by atoms with E-state index in [1.54, 1.807) is 41.3 Å². The number of halogens is 2. The Morgan fingerprint density at radius 1 is 1.03 bits per heavy atom. The highest BCUT2D eigenvalue weighted by molar-refractivity contribution is 9.10. The minimum absolute atomic E-state index is 0.260. The first-order chi connectivity index (χ1) is 16.9. The highest BCUT2D eigenvalue weighted by atomic mass is 79.9. The van der Waals surface area contributed by atoms with E-state index in [-0.39, 0.29) is 18.3 Å². The van der Waals surface area contributed by atoms with Gasteiger partial charge in [0.05, 0.1) is 6.54 Å². The number of fused-ring (bicyclic) bond motifs is 1. The molecule has 1 unspecified atom stereocenters. The molecule has 4 aromatic rings. The number of hydrogen-bond acceptors (Lipinski definition) is 4. The molecule has 3 aromatic carbocycles. The fourth-order valence-corrected chi connectivity index (χ4v) is 4.45. The molecule has 1 atom stereocenters. The van der Waals surface area contributed by atoms with E-state index in [4.69, 9.17) is 4.98 Å². The number of amides is 1. The van der Waals surface area contributed by atoms with Crippen LogP contribution in [0.15, 0.2) is 77.3 Å². The standard InChI is InChI=1S/C27H24BrFN4O2/c1-17-2-12-22(13-3-17)30-26-24(18-6-10-21(29)11-7-18)31-23-16-32(14-15-33(23)26)27(35)25(34)19-4-8-20(28)9-5-19/h2-13,25,30,34H,14-16H2,1H3.